The summed E-state index contributed by atoms with van der Waals surface area (Å²) < 4.78 is 0.871. The van der Waals surface area contributed by atoms with Crippen LogP contribution in [0.3, 0.4) is 0 Å². The van der Waals surface area contributed by atoms with Crippen LogP contribution in [-0.2, 0) is 0 Å². The summed E-state index contributed by atoms with van der Waals surface area (Å²) in [5.74, 6) is 1.40. The Balaban J connectivity index is 1.44. The molecule has 2 heterocycles. The predicted molar refractivity (Wildman–Crippen MR) is 120 cm³/mol. The van der Waals surface area contributed by atoms with Gasteiger partial charge in [-0.1, -0.05) is 22.0 Å². The van der Waals surface area contributed by atoms with E-state index in [-0.39, 0.29) is 5.91 Å². The van der Waals surface area contributed by atoms with E-state index in [4.69, 9.17) is 0 Å². The lowest BCUT2D eigenvalue weighted by atomic mass is 10.2. The summed E-state index contributed by atoms with van der Waals surface area (Å²) >= 11 is 3.39. The zero-order chi connectivity index (χ0) is 20.2. The normalized spacial score (nSPS) is 13.4. The number of aromatic nitrogens is 2. The average Bonchev–Trinajstić information content (AvgIpc) is 3.24. The lowest BCUT2D eigenvalue weighted by Gasteiger charge is -2.17. The van der Waals surface area contributed by atoms with Crippen LogP contribution in [0.25, 0.3) is 0 Å². The van der Waals surface area contributed by atoms with Crippen LogP contribution in [0.15, 0.2) is 59.1 Å². The number of aryl methyl sites for hydroxylation is 1. The Hall–Kier alpha value is -2.93. The van der Waals surface area contributed by atoms with Gasteiger partial charge in [-0.2, -0.15) is 4.98 Å². The Morgan fingerprint density at radius 1 is 1.00 bits per heavy atom. The predicted octanol–water partition coefficient (Wildman–Crippen LogP) is 5.14. The van der Waals surface area contributed by atoms with Gasteiger partial charge >= 0.3 is 0 Å². The highest BCUT2D eigenvalue weighted by atomic mass is 79.9. The largest absolute Gasteiger partial charge is 0.356 e. The van der Waals surface area contributed by atoms with Gasteiger partial charge in [-0.05, 0) is 62.2 Å². The number of anilines is 4. The fourth-order valence-electron chi connectivity index (χ4n) is 3.32. The van der Waals surface area contributed by atoms with E-state index in [2.05, 4.69) is 41.4 Å². The standard InChI is InChI=1S/C22H22BrN5O/c1-15-13-20(28-11-2-3-12-28)27-22(24-15)26-19-9-7-18(8-10-19)25-21(29)16-5-4-6-17(23)14-16/h4-10,13-14H,2-3,11-12H2,1H3,(H,25,29)(H,24,26,27). The summed E-state index contributed by atoms with van der Waals surface area (Å²) in [6.07, 6.45) is 2.41. The molecule has 0 atom stereocenters. The van der Waals surface area contributed by atoms with Crippen LogP contribution in [-0.4, -0.2) is 29.0 Å². The van der Waals surface area contributed by atoms with Crippen LogP contribution in [0.2, 0.25) is 0 Å². The van der Waals surface area contributed by atoms with Crippen molar-refractivity contribution in [3.05, 3.63) is 70.3 Å². The van der Waals surface area contributed by atoms with E-state index in [1.165, 1.54) is 12.8 Å². The number of nitrogens with one attached hydrogen (secondary N) is 2. The monoisotopic (exact) mass is 451 g/mol. The molecule has 1 fully saturated rings. The summed E-state index contributed by atoms with van der Waals surface area (Å²) in [5, 5.41) is 6.17. The van der Waals surface area contributed by atoms with Crippen molar-refractivity contribution in [3.8, 4) is 0 Å². The van der Waals surface area contributed by atoms with Crippen molar-refractivity contribution in [3.63, 3.8) is 0 Å². The van der Waals surface area contributed by atoms with E-state index in [1.807, 2.05) is 49.4 Å². The Morgan fingerprint density at radius 2 is 1.72 bits per heavy atom. The summed E-state index contributed by atoms with van der Waals surface area (Å²) in [6.45, 7) is 4.07. The lowest BCUT2D eigenvalue weighted by molar-refractivity contribution is 0.102. The minimum atomic E-state index is -0.149. The molecule has 3 aromatic rings. The number of nitrogens with zero attached hydrogens (tertiary/aromatic N) is 3. The van der Waals surface area contributed by atoms with Crippen molar-refractivity contribution < 1.29 is 4.79 Å². The molecule has 148 valence electrons. The third kappa shape index (κ3) is 4.92. The molecule has 1 saturated heterocycles. The van der Waals surface area contributed by atoms with E-state index >= 15 is 0 Å². The number of rotatable bonds is 5. The molecular weight excluding hydrogens is 430 g/mol. The zero-order valence-electron chi connectivity index (χ0n) is 16.2. The molecule has 0 spiro atoms. The maximum atomic E-state index is 12.4. The molecule has 1 amide bonds. The molecular formula is C22H22BrN5O. The quantitative estimate of drug-likeness (QED) is 0.561. The van der Waals surface area contributed by atoms with E-state index in [0.29, 0.717) is 11.5 Å². The molecule has 0 aliphatic carbocycles. The topological polar surface area (TPSA) is 70.2 Å². The molecule has 6 nitrogen and oxygen atoms in total. The third-order valence-corrected chi connectivity index (χ3v) is 5.25. The van der Waals surface area contributed by atoms with Gasteiger partial charge in [-0.15, -0.1) is 0 Å². The molecule has 1 aliphatic rings. The SMILES string of the molecule is Cc1cc(N2CCCC2)nc(Nc2ccc(NC(=O)c3cccc(Br)c3)cc2)n1. The molecule has 1 aromatic heterocycles. The van der Waals surface area contributed by atoms with Gasteiger partial charge in [0, 0.05) is 46.3 Å². The maximum Gasteiger partial charge on any atom is 0.255 e. The molecule has 2 aromatic carbocycles. The minimum Gasteiger partial charge on any atom is -0.356 e. The summed E-state index contributed by atoms with van der Waals surface area (Å²) in [6, 6.07) is 16.8. The Kier molecular flexibility index (Phi) is 5.76. The van der Waals surface area contributed by atoms with Gasteiger partial charge in [0.1, 0.15) is 5.82 Å². The first kappa shape index (κ1) is 19.4. The van der Waals surface area contributed by atoms with Crippen molar-refractivity contribution in [1.82, 2.24) is 9.97 Å². The summed E-state index contributed by atoms with van der Waals surface area (Å²) in [4.78, 5) is 23.8. The third-order valence-electron chi connectivity index (χ3n) is 4.76. The van der Waals surface area contributed by atoms with E-state index < -0.39 is 0 Å². The van der Waals surface area contributed by atoms with Crippen molar-refractivity contribution >= 4 is 45.0 Å². The average molecular weight is 452 g/mol. The van der Waals surface area contributed by atoms with Gasteiger partial charge in [0.25, 0.3) is 5.91 Å². The van der Waals surface area contributed by atoms with Gasteiger partial charge in [-0.25, -0.2) is 4.98 Å². The molecule has 0 unspecified atom stereocenters. The smallest absolute Gasteiger partial charge is 0.255 e. The van der Waals surface area contributed by atoms with Gasteiger partial charge in [0.2, 0.25) is 5.95 Å². The lowest BCUT2D eigenvalue weighted by Crippen LogP contribution is -2.19. The van der Waals surface area contributed by atoms with Gasteiger partial charge in [0.15, 0.2) is 0 Å². The van der Waals surface area contributed by atoms with Crippen LogP contribution in [0.5, 0.6) is 0 Å². The Morgan fingerprint density at radius 3 is 2.45 bits per heavy atom. The highest BCUT2D eigenvalue weighted by Crippen LogP contribution is 2.23. The van der Waals surface area contributed by atoms with Crippen LogP contribution in [0, 0.1) is 6.92 Å². The van der Waals surface area contributed by atoms with Crippen LogP contribution in [0.4, 0.5) is 23.1 Å². The summed E-state index contributed by atoms with van der Waals surface area (Å²) in [5.41, 5.74) is 3.12. The van der Waals surface area contributed by atoms with Crippen LogP contribution >= 0.6 is 15.9 Å². The fraction of sp³-hybridized carbons (Fsp3) is 0.227. The Labute approximate surface area is 178 Å². The molecule has 2 N–H and O–H groups in total. The molecule has 7 heteroatoms. The minimum absolute atomic E-state index is 0.149. The molecule has 0 radical (unpaired) electrons. The second-order valence-electron chi connectivity index (χ2n) is 7.05. The number of amides is 1. The van der Waals surface area contributed by atoms with Gasteiger partial charge in [-0.3, -0.25) is 4.79 Å². The number of carbonyl (C=O) groups is 1. The fourth-order valence-corrected chi connectivity index (χ4v) is 3.71. The second-order valence-corrected chi connectivity index (χ2v) is 7.97. The maximum absolute atomic E-state index is 12.4. The molecule has 0 saturated carbocycles. The molecule has 0 bridgehead atoms. The first-order valence-electron chi connectivity index (χ1n) is 9.61. The van der Waals surface area contributed by atoms with Crippen molar-refractivity contribution in [2.45, 2.75) is 19.8 Å². The number of carbonyl (C=O) groups excluding carboxylic acids is 1. The van der Waals surface area contributed by atoms with Crippen LogP contribution in [0.1, 0.15) is 28.9 Å². The second kappa shape index (κ2) is 8.61. The van der Waals surface area contributed by atoms with E-state index in [9.17, 15) is 4.79 Å². The molecule has 1 aliphatic heterocycles. The first-order valence-corrected chi connectivity index (χ1v) is 10.4. The molecule has 29 heavy (non-hydrogen) atoms. The van der Waals surface area contributed by atoms with Crippen molar-refractivity contribution in [2.75, 3.05) is 28.6 Å². The van der Waals surface area contributed by atoms with E-state index in [0.717, 1.165) is 40.4 Å². The van der Waals surface area contributed by atoms with Crippen LogP contribution < -0.4 is 15.5 Å². The van der Waals surface area contributed by atoms with Gasteiger partial charge < -0.3 is 15.5 Å². The highest BCUT2D eigenvalue weighted by Gasteiger charge is 2.15. The number of hydrogen-bond acceptors (Lipinski definition) is 5. The van der Waals surface area contributed by atoms with Gasteiger partial charge in [0.05, 0.1) is 0 Å². The van der Waals surface area contributed by atoms with Crippen molar-refractivity contribution in [2.24, 2.45) is 0 Å². The van der Waals surface area contributed by atoms with Crippen molar-refractivity contribution in [1.29, 1.82) is 0 Å². The van der Waals surface area contributed by atoms with E-state index in [1.54, 1.807) is 12.1 Å². The molecule has 4 rings (SSSR count). The number of benzene rings is 2. The number of hydrogen-bond donors (Lipinski definition) is 2. The zero-order valence-corrected chi connectivity index (χ0v) is 17.7. The first-order chi connectivity index (χ1) is 14.1. The number of halogens is 1. The summed E-state index contributed by atoms with van der Waals surface area (Å²) in [7, 11) is 0. The Bertz CT molecular complexity index is 1020. The highest BCUT2D eigenvalue weighted by molar-refractivity contribution is 9.10.